The number of carbonyl (C=O) groups excluding carboxylic acids is 1. The summed E-state index contributed by atoms with van der Waals surface area (Å²) < 4.78 is 1.69. The van der Waals surface area contributed by atoms with Gasteiger partial charge in [-0.2, -0.15) is 5.10 Å². The van der Waals surface area contributed by atoms with Gasteiger partial charge in [0.25, 0.3) is 5.91 Å². The average Bonchev–Trinajstić information content (AvgIpc) is 2.84. The van der Waals surface area contributed by atoms with Crippen LogP contribution in [0.15, 0.2) is 18.1 Å². The molecule has 2 heterocycles. The first-order valence-corrected chi connectivity index (χ1v) is 6.36. The largest absolute Gasteiger partial charge is 0.328 e. The molecule has 0 unspecified atom stereocenters. The Morgan fingerprint density at radius 3 is 2.94 bits per heavy atom. The van der Waals surface area contributed by atoms with Crippen molar-refractivity contribution in [1.82, 2.24) is 20.0 Å². The molecule has 1 aromatic rings. The van der Waals surface area contributed by atoms with Crippen LogP contribution in [0.5, 0.6) is 0 Å². The van der Waals surface area contributed by atoms with Crippen molar-refractivity contribution in [3.05, 3.63) is 23.7 Å². The molecule has 0 spiro atoms. The Bertz CT molecular complexity index is 506. The molecule has 1 saturated heterocycles. The van der Waals surface area contributed by atoms with E-state index in [4.69, 9.17) is 12.2 Å². The van der Waals surface area contributed by atoms with Crippen LogP contribution in [-0.2, 0) is 11.8 Å². The highest BCUT2D eigenvalue weighted by molar-refractivity contribution is 7.80. The molecule has 1 aromatic heterocycles. The van der Waals surface area contributed by atoms with Gasteiger partial charge in [0.1, 0.15) is 5.70 Å². The number of aryl methyl sites for hydroxylation is 1. The lowest BCUT2D eigenvalue weighted by Gasteiger charge is -2.12. The number of thiocarbonyl (C=S) groups is 1. The van der Waals surface area contributed by atoms with Crippen LogP contribution in [-0.4, -0.2) is 32.2 Å². The van der Waals surface area contributed by atoms with Crippen LogP contribution in [0, 0.1) is 0 Å². The normalized spacial score (nSPS) is 17.7. The van der Waals surface area contributed by atoms with Crippen LogP contribution >= 0.6 is 12.2 Å². The minimum Gasteiger partial charge on any atom is -0.328 e. The van der Waals surface area contributed by atoms with E-state index < -0.39 is 0 Å². The zero-order valence-electron chi connectivity index (χ0n) is 10.5. The maximum Gasteiger partial charge on any atom is 0.276 e. The van der Waals surface area contributed by atoms with Crippen molar-refractivity contribution in [3.63, 3.8) is 0 Å². The molecule has 0 radical (unpaired) electrons. The summed E-state index contributed by atoms with van der Waals surface area (Å²) >= 11 is 5.16. The summed E-state index contributed by atoms with van der Waals surface area (Å²) in [6.45, 7) is 2.76. The number of carbonyl (C=O) groups is 1. The summed E-state index contributed by atoms with van der Waals surface area (Å²) in [5.41, 5.74) is 1.40. The van der Waals surface area contributed by atoms with Gasteiger partial charge in [0.2, 0.25) is 0 Å². The van der Waals surface area contributed by atoms with E-state index in [1.807, 2.05) is 13.2 Å². The Kier molecular flexibility index (Phi) is 3.76. The first kappa shape index (κ1) is 12.8. The molecule has 1 N–H and O–H groups in total. The summed E-state index contributed by atoms with van der Waals surface area (Å²) in [5.74, 6) is -0.0581. The van der Waals surface area contributed by atoms with E-state index in [1.54, 1.807) is 21.9 Å². The van der Waals surface area contributed by atoms with Gasteiger partial charge < -0.3 is 5.32 Å². The standard InChI is InChI=1S/C12H16N4OS/c1-3-4-5-16-11(17)10(14-12(16)18)6-9-7-13-15(2)8-9/h6-8H,3-5H2,1-2H3,(H,14,18)/b10-6-. The lowest BCUT2D eigenvalue weighted by Crippen LogP contribution is -2.31. The van der Waals surface area contributed by atoms with E-state index in [9.17, 15) is 4.79 Å². The van der Waals surface area contributed by atoms with Crippen molar-refractivity contribution >= 4 is 29.3 Å². The molecular formula is C12H16N4OS. The summed E-state index contributed by atoms with van der Waals surface area (Å²) in [4.78, 5) is 13.7. The number of nitrogens with one attached hydrogen (secondary N) is 1. The molecule has 0 atom stereocenters. The van der Waals surface area contributed by atoms with E-state index in [0.29, 0.717) is 17.4 Å². The van der Waals surface area contributed by atoms with Crippen LogP contribution in [0.4, 0.5) is 0 Å². The summed E-state index contributed by atoms with van der Waals surface area (Å²) in [5, 5.41) is 7.50. The van der Waals surface area contributed by atoms with E-state index in [0.717, 1.165) is 18.4 Å². The molecule has 96 valence electrons. The van der Waals surface area contributed by atoms with Crippen molar-refractivity contribution in [2.75, 3.05) is 6.54 Å². The first-order valence-electron chi connectivity index (χ1n) is 5.95. The number of unbranched alkanes of at least 4 members (excludes halogenated alkanes) is 1. The van der Waals surface area contributed by atoms with Crippen molar-refractivity contribution in [2.45, 2.75) is 19.8 Å². The Morgan fingerprint density at radius 2 is 2.33 bits per heavy atom. The molecule has 0 aliphatic carbocycles. The second-order valence-electron chi connectivity index (χ2n) is 4.25. The summed E-state index contributed by atoms with van der Waals surface area (Å²) in [6, 6.07) is 0. The van der Waals surface area contributed by atoms with Gasteiger partial charge in [-0.3, -0.25) is 14.4 Å². The molecule has 0 saturated carbocycles. The Morgan fingerprint density at radius 1 is 1.56 bits per heavy atom. The molecule has 18 heavy (non-hydrogen) atoms. The van der Waals surface area contributed by atoms with Gasteiger partial charge in [0, 0.05) is 25.4 Å². The quantitative estimate of drug-likeness (QED) is 0.657. The monoisotopic (exact) mass is 264 g/mol. The van der Waals surface area contributed by atoms with E-state index in [1.165, 1.54) is 0 Å². The third-order valence-electron chi connectivity index (χ3n) is 2.73. The van der Waals surface area contributed by atoms with E-state index in [-0.39, 0.29) is 5.91 Å². The third kappa shape index (κ3) is 2.59. The SMILES string of the molecule is CCCCN1C(=O)/C(=C/c2cnn(C)c2)NC1=S. The van der Waals surface area contributed by atoms with Gasteiger partial charge in [-0.25, -0.2) is 0 Å². The zero-order chi connectivity index (χ0) is 13.1. The van der Waals surface area contributed by atoms with Crippen LogP contribution in [0.3, 0.4) is 0 Å². The number of hydrogen-bond donors (Lipinski definition) is 1. The molecule has 1 aliphatic rings. The zero-order valence-corrected chi connectivity index (χ0v) is 11.3. The Balaban J connectivity index is 2.14. The molecule has 1 amide bonds. The molecule has 2 rings (SSSR count). The first-order chi connectivity index (χ1) is 8.61. The van der Waals surface area contributed by atoms with Crippen molar-refractivity contribution in [3.8, 4) is 0 Å². The van der Waals surface area contributed by atoms with Gasteiger partial charge in [0.05, 0.1) is 6.20 Å². The summed E-state index contributed by atoms with van der Waals surface area (Å²) in [7, 11) is 1.84. The maximum atomic E-state index is 12.1. The summed E-state index contributed by atoms with van der Waals surface area (Å²) in [6.07, 6.45) is 7.31. The van der Waals surface area contributed by atoms with Crippen molar-refractivity contribution in [1.29, 1.82) is 0 Å². The molecule has 5 nitrogen and oxygen atoms in total. The fraction of sp³-hybridized carbons (Fsp3) is 0.417. The fourth-order valence-electron chi connectivity index (χ4n) is 1.77. The number of nitrogens with zero attached hydrogens (tertiary/aromatic N) is 3. The molecule has 0 bridgehead atoms. The topological polar surface area (TPSA) is 50.2 Å². The highest BCUT2D eigenvalue weighted by atomic mass is 32.1. The number of aromatic nitrogens is 2. The molecule has 6 heteroatoms. The number of amides is 1. The van der Waals surface area contributed by atoms with Gasteiger partial charge >= 0.3 is 0 Å². The highest BCUT2D eigenvalue weighted by Crippen LogP contribution is 2.14. The lowest BCUT2D eigenvalue weighted by atomic mass is 10.2. The molecule has 1 fully saturated rings. The lowest BCUT2D eigenvalue weighted by molar-refractivity contribution is -0.122. The van der Waals surface area contributed by atoms with Gasteiger partial charge in [-0.15, -0.1) is 0 Å². The van der Waals surface area contributed by atoms with Crippen LogP contribution in [0.2, 0.25) is 0 Å². The third-order valence-corrected chi connectivity index (χ3v) is 3.06. The molecular weight excluding hydrogens is 248 g/mol. The van der Waals surface area contributed by atoms with Crippen molar-refractivity contribution in [2.24, 2.45) is 7.05 Å². The maximum absolute atomic E-state index is 12.1. The predicted octanol–water partition coefficient (Wildman–Crippen LogP) is 1.28. The van der Waals surface area contributed by atoms with E-state index in [2.05, 4.69) is 17.3 Å². The second-order valence-corrected chi connectivity index (χ2v) is 4.63. The van der Waals surface area contributed by atoms with E-state index >= 15 is 0 Å². The van der Waals surface area contributed by atoms with Crippen LogP contribution < -0.4 is 5.32 Å². The van der Waals surface area contributed by atoms with Gasteiger partial charge in [-0.05, 0) is 24.7 Å². The van der Waals surface area contributed by atoms with Crippen molar-refractivity contribution < 1.29 is 4.79 Å². The second kappa shape index (κ2) is 5.30. The molecule has 0 aromatic carbocycles. The fourth-order valence-corrected chi connectivity index (χ4v) is 2.06. The molecule has 1 aliphatic heterocycles. The Labute approximate surface area is 111 Å². The Hall–Kier alpha value is -1.69. The smallest absolute Gasteiger partial charge is 0.276 e. The minimum atomic E-state index is -0.0581. The predicted molar refractivity (Wildman–Crippen MR) is 73.5 cm³/mol. The van der Waals surface area contributed by atoms with Gasteiger partial charge in [-0.1, -0.05) is 13.3 Å². The van der Waals surface area contributed by atoms with Crippen LogP contribution in [0.1, 0.15) is 25.3 Å². The number of rotatable bonds is 4. The van der Waals surface area contributed by atoms with Crippen LogP contribution in [0.25, 0.3) is 6.08 Å². The van der Waals surface area contributed by atoms with Gasteiger partial charge in [0.15, 0.2) is 5.11 Å². The average molecular weight is 264 g/mol. The minimum absolute atomic E-state index is 0.0581. The highest BCUT2D eigenvalue weighted by Gasteiger charge is 2.29. The number of hydrogen-bond acceptors (Lipinski definition) is 3.